The van der Waals surface area contributed by atoms with E-state index < -0.39 is 0 Å². The number of benzene rings is 1. The number of carbonyl (C=O) groups excluding carboxylic acids is 1. The van der Waals surface area contributed by atoms with Crippen LogP contribution in [-0.2, 0) is 4.74 Å². The van der Waals surface area contributed by atoms with Crippen molar-refractivity contribution in [3.63, 3.8) is 0 Å². The Bertz CT molecular complexity index is 602. The number of ether oxygens (including phenoxy) is 1. The minimum absolute atomic E-state index is 0.213. The molecule has 0 aliphatic rings. The smallest absolute Gasteiger partial charge is 0.338 e. The molecule has 0 radical (unpaired) electrons. The van der Waals surface area contributed by atoms with Gasteiger partial charge in [0.05, 0.1) is 12.2 Å². The van der Waals surface area contributed by atoms with Gasteiger partial charge in [0.25, 0.3) is 5.56 Å². The van der Waals surface area contributed by atoms with Crippen LogP contribution in [0.2, 0.25) is 0 Å². The molecule has 5 nitrogen and oxygen atoms in total. The molecule has 0 amide bonds. The van der Waals surface area contributed by atoms with Crippen molar-refractivity contribution in [1.29, 1.82) is 0 Å². The molecule has 1 aromatic heterocycles. The van der Waals surface area contributed by atoms with E-state index in [-0.39, 0.29) is 11.5 Å². The maximum Gasteiger partial charge on any atom is 0.338 e. The summed E-state index contributed by atoms with van der Waals surface area (Å²) in [5.41, 5.74) is 0.995. The maximum absolute atomic E-state index is 11.5. The predicted molar refractivity (Wildman–Crippen MR) is 66.3 cm³/mol. The molecule has 2 rings (SSSR count). The molecule has 0 saturated heterocycles. The number of hydrogen-bond acceptors (Lipinski definition) is 4. The predicted octanol–water partition coefficient (Wildman–Crippen LogP) is 1.61. The second-order valence-corrected chi connectivity index (χ2v) is 3.58. The summed E-state index contributed by atoms with van der Waals surface area (Å²) in [6.45, 7) is 2.10. The van der Waals surface area contributed by atoms with Gasteiger partial charge in [-0.05, 0) is 19.1 Å². The Morgan fingerprint density at radius 3 is 2.61 bits per heavy atom. The summed E-state index contributed by atoms with van der Waals surface area (Å²) in [6, 6.07) is 8.05. The summed E-state index contributed by atoms with van der Waals surface area (Å²) in [5, 5.41) is 0. The molecule has 1 aromatic carbocycles. The Balaban J connectivity index is 2.27. The van der Waals surface area contributed by atoms with Crippen molar-refractivity contribution in [2.24, 2.45) is 0 Å². The van der Waals surface area contributed by atoms with Crippen LogP contribution in [0.3, 0.4) is 0 Å². The summed E-state index contributed by atoms with van der Waals surface area (Å²) in [4.78, 5) is 29.3. The van der Waals surface area contributed by atoms with Crippen LogP contribution in [0.1, 0.15) is 17.3 Å². The van der Waals surface area contributed by atoms with Crippen LogP contribution in [-0.4, -0.2) is 22.5 Å². The van der Waals surface area contributed by atoms with Crippen LogP contribution in [0.4, 0.5) is 0 Å². The van der Waals surface area contributed by atoms with Gasteiger partial charge >= 0.3 is 5.97 Å². The van der Waals surface area contributed by atoms with Crippen molar-refractivity contribution in [2.45, 2.75) is 6.92 Å². The lowest BCUT2D eigenvalue weighted by atomic mass is 10.1. The molecule has 92 valence electrons. The van der Waals surface area contributed by atoms with Crippen molar-refractivity contribution in [2.75, 3.05) is 6.61 Å². The topological polar surface area (TPSA) is 72.0 Å². The van der Waals surface area contributed by atoms with E-state index in [1.54, 1.807) is 31.2 Å². The monoisotopic (exact) mass is 244 g/mol. The van der Waals surface area contributed by atoms with Crippen molar-refractivity contribution >= 4 is 5.97 Å². The Morgan fingerprint density at radius 2 is 2.00 bits per heavy atom. The molecule has 0 spiro atoms. The Labute approximate surface area is 103 Å². The fourth-order valence-corrected chi connectivity index (χ4v) is 1.50. The molecule has 2 aromatic rings. The van der Waals surface area contributed by atoms with Gasteiger partial charge in [0.2, 0.25) is 0 Å². The van der Waals surface area contributed by atoms with Crippen molar-refractivity contribution < 1.29 is 9.53 Å². The van der Waals surface area contributed by atoms with Gasteiger partial charge in [-0.3, -0.25) is 4.79 Å². The summed E-state index contributed by atoms with van der Waals surface area (Å²) in [6.07, 6.45) is 1.44. The number of aromatic amines is 1. The minimum Gasteiger partial charge on any atom is -0.462 e. The number of nitrogens with one attached hydrogen (secondary N) is 1. The van der Waals surface area contributed by atoms with E-state index in [1.807, 2.05) is 0 Å². The number of hydrogen-bond donors (Lipinski definition) is 1. The lowest BCUT2D eigenvalue weighted by Gasteiger charge is -2.03. The highest BCUT2D eigenvalue weighted by molar-refractivity contribution is 5.89. The van der Waals surface area contributed by atoms with E-state index in [9.17, 15) is 9.59 Å². The highest BCUT2D eigenvalue weighted by Crippen LogP contribution is 2.14. The third-order valence-electron chi connectivity index (χ3n) is 2.34. The lowest BCUT2D eigenvalue weighted by molar-refractivity contribution is 0.0526. The van der Waals surface area contributed by atoms with E-state index >= 15 is 0 Å². The lowest BCUT2D eigenvalue weighted by Crippen LogP contribution is -2.06. The van der Waals surface area contributed by atoms with Crippen LogP contribution in [0.25, 0.3) is 11.4 Å². The summed E-state index contributed by atoms with van der Waals surface area (Å²) in [7, 11) is 0. The Morgan fingerprint density at radius 1 is 1.28 bits per heavy atom. The number of aromatic nitrogens is 2. The number of rotatable bonds is 3. The zero-order valence-corrected chi connectivity index (χ0v) is 9.84. The fourth-order valence-electron chi connectivity index (χ4n) is 1.50. The Hall–Kier alpha value is -2.43. The van der Waals surface area contributed by atoms with E-state index in [1.165, 1.54) is 12.3 Å². The van der Waals surface area contributed by atoms with E-state index in [0.29, 0.717) is 18.0 Å². The van der Waals surface area contributed by atoms with Crippen LogP contribution < -0.4 is 5.56 Å². The maximum atomic E-state index is 11.5. The highest BCUT2D eigenvalue weighted by atomic mass is 16.5. The molecule has 0 unspecified atom stereocenters. The van der Waals surface area contributed by atoms with E-state index in [4.69, 9.17) is 4.74 Å². The molecule has 0 aliphatic heterocycles. The number of H-pyrrole nitrogens is 1. The molecule has 0 atom stereocenters. The molecule has 5 heteroatoms. The van der Waals surface area contributed by atoms with Crippen LogP contribution in [0.15, 0.2) is 41.3 Å². The van der Waals surface area contributed by atoms with Gasteiger partial charge in [-0.25, -0.2) is 9.78 Å². The summed E-state index contributed by atoms with van der Waals surface area (Å²) >= 11 is 0. The van der Waals surface area contributed by atoms with Crippen molar-refractivity contribution in [1.82, 2.24) is 9.97 Å². The quantitative estimate of drug-likeness (QED) is 0.832. The second-order valence-electron chi connectivity index (χ2n) is 3.58. The van der Waals surface area contributed by atoms with Gasteiger partial charge in [0.1, 0.15) is 5.82 Å². The third-order valence-corrected chi connectivity index (χ3v) is 2.34. The standard InChI is InChI=1S/C13H12N2O3/c1-2-18-13(17)10-5-3-9(4-6-10)12-14-8-7-11(16)15-12/h3-8H,2H2,1H3,(H,14,15,16). The van der Waals surface area contributed by atoms with Gasteiger partial charge in [0, 0.05) is 17.8 Å². The first-order chi connectivity index (χ1) is 8.70. The van der Waals surface area contributed by atoms with E-state index in [0.717, 1.165) is 5.56 Å². The number of nitrogens with zero attached hydrogens (tertiary/aromatic N) is 1. The largest absolute Gasteiger partial charge is 0.462 e. The average molecular weight is 244 g/mol. The van der Waals surface area contributed by atoms with Crippen molar-refractivity contribution in [3.8, 4) is 11.4 Å². The van der Waals surface area contributed by atoms with Crippen LogP contribution in [0.5, 0.6) is 0 Å². The first-order valence-corrected chi connectivity index (χ1v) is 5.53. The fraction of sp³-hybridized carbons (Fsp3) is 0.154. The van der Waals surface area contributed by atoms with Gasteiger partial charge in [-0.15, -0.1) is 0 Å². The molecular weight excluding hydrogens is 232 g/mol. The SMILES string of the molecule is CCOC(=O)c1ccc(-c2nccc(=O)[nH]2)cc1. The molecule has 0 aliphatic carbocycles. The molecule has 1 heterocycles. The summed E-state index contributed by atoms with van der Waals surface area (Å²) in [5.74, 6) is 0.108. The normalized spacial score (nSPS) is 10.1. The second kappa shape index (κ2) is 5.27. The molecular formula is C13H12N2O3. The van der Waals surface area contributed by atoms with Crippen LogP contribution >= 0.6 is 0 Å². The molecule has 0 fully saturated rings. The van der Waals surface area contributed by atoms with Gasteiger partial charge in [-0.2, -0.15) is 0 Å². The minimum atomic E-state index is -0.362. The molecule has 18 heavy (non-hydrogen) atoms. The average Bonchev–Trinajstić information content (AvgIpc) is 2.39. The first kappa shape index (κ1) is 12.0. The number of carbonyl (C=O) groups is 1. The van der Waals surface area contributed by atoms with E-state index in [2.05, 4.69) is 9.97 Å². The van der Waals surface area contributed by atoms with Crippen LogP contribution in [0, 0.1) is 0 Å². The van der Waals surface area contributed by atoms with Gasteiger partial charge < -0.3 is 9.72 Å². The van der Waals surface area contributed by atoms with Gasteiger partial charge in [-0.1, -0.05) is 12.1 Å². The highest BCUT2D eigenvalue weighted by Gasteiger charge is 2.06. The zero-order chi connectivity index (χ0) is 13.0. The third kappa shape index (κ3) is 2.63. The Kier molecular flexibility index (Phi) is 3.52. The summed E-state index contributed by atoms with van der Waals surface area (Å²) < 4.78 is 4.88. The first-order valence-electron chi connectivity index (χ1n) is 5.53. The van der Waals surface area contributed by atoms with Crippen molar-refractivity contribution in [3.05, 3.63) is 52.4 Å². The molecule has 1 N–H and O–H groups in total. The number of esters is 1. The van der Waals surface area contributed by atoms with Gasteiger partial charge in [0.15, 0.2) is 0 Å². The molecule has 0 bridgehead atoms. The molecule has 0 saturated carbocycles. The zero-order valence-electron chi connectivity index (χ0n) is 9.84.